The molecule has 0 radical (unpaired) electrons. The summed E-state index contributed by atoms with van der Waals surface area (Å²) in [7, 11) is 0. The van der Waals surface area contributed by atoms with Crippen LogP contribution in [0.3, 0.4) is 0 Å². The maximum Gasteiger partial charge on any atom is 0.243 e. The fourth-order valence-corrected chi connectivity index (χ4v) is 2.19. The molecule has 0 aliphatic heterocycles. The molecule has 0 fully saturated rings. The van der Waals surface area contributed by atoms with Gasteiger partial charge in [-0.3, -0.25) is 4.79 Å². The maximum absolute atomic E-state index is 12.0. The summed E-state index contributed by atoms with van der Waals surface area (Å²) in [6.07, 6.45) is 0. The Hall–Kier alpha value is -2.04. The lowest BCUT2D eigenvalue weighted by molar-refractivity contribution is -0.114. The van der Waals surface area contributed by atoms with Crippen LogP contribution in [0.25, 0.3) is 0 Å². The highest BCUT2D eigenvalue weighted by atomic mass is 35.5. The molecule has 0 aliphatic rings. The first kappa shape index (κ1) is 16.3. The van der Waals surface area contributed by atoms with E-state index in [9.17, 15) is 4.79 Å². The number of halogens is 1. The van der Waals surface area contributed by atoms with Gasteiger partial charge in [-0.25, -0.2) is 0 Å². The summed E-state index contributed by atoms with van der Waals surface area (Å²) in [6.45, 7) is 4.06. The topological polar surface area (TPSA) is 61.4 Å². The number of hydrogen-bond donors (Lipinski definition) is 3. The van der Waals surface area contributed by atoms with Gasteiger partial charge in [0.25, 0.3) is 0 Å². The molecule has 2 aromatic rings. The normalized spacial score (nSPS) is 10.4. The molecule has 0 spiro atoms. The fourth-order valence-electron chi connectivity index (χ4n) is 2.01. The Morgan fingerprint density at radius 2 is 1.91 bits per heavy atom. The van der Waals surface area contributed by atoms with E-state index in [1.807, 2.05) is 32.0 Å². The van der Waals surface area contributed by atoms with Gasteiger partial charge in [-0.15, -0.1) is 0 Å². The van der Waals surface area contributed by atoms with Gasteiger partial charge in [0.15, 0.2) is 0 Å². The quantitative estimate of drug-likeness (QED) is 0.790. The van der Waals surface area contributed by atoms with E-state index in [1.54, 1.807) is 18.2 Å². The number of nitrogens with one attached hydrogen (secondary N) is 2. The van der Waals surface area contributed by atoms with Crippen molar-refractivity contribution in [2.75, 3.05) is 17.2 Å². The zero-order valence-corrected chi connectivity index (χ0v) is 13.4. The Kier molecular flexibility index (Phi) is 5.41. The van der Waals surface area contributed by atoms with E-state index >= 15 is 0 Å². The maximum atomic E-state index is 12.0. The second-order valence-corrected chi connectivity index (χ2v) is 5.58. The van der Waals surface area contributed by atoms with Crippen LogP contribution < -0.4 is 10.6 Å². The zero-order valence-electron chi connectivity index (χ0n) is 12.6. The summed E-state index contributed by atoms with van der Waals surface area (Å²) in [4.78, 5) is 12.0. The van der Waals surface area contributed by atoms with Crippen molar-refractivity contribution in [2.45, 2.75) is 20.5 Å². The van der Waals surface area contributed by atoms with Crippen LogP contribution in [0.5, 0.6) is 0 Å². The summed E-state index contributed by atoms with van der Waals surface area (Å²) in [5, 5.41) is 15.4. The second kappa shape index (κ2) is 7.29. The second-order valence-electron chi connectivity index (χ2n) is 5.17. The summed E-state index contributed by atoms with van der Waals surface area (Å²) in [6, 6.07) is 10.9. The minimum absolute atomic E-state index is 0.0688. The van der Waals surface area contributed by atoms with Crippen LogP contribution in [0.15, 0.2) is 36.4 Å². The molecule has 2 aromatic carbocycles. The molecule has 0 bridgehead atoms. The number of anilines is 2. The Bertz CT molecular complexity index is 686. The molecule has 0 heterocycles. The van der Waals surface area contributed by atoms with Gasteiger partial charge in [-0.05, 0) is 54.8 Å². The highest BCUT2D eigenvalue weighted by Crippen LogP contribution is 2.23. The summed E-state index contributed by atoms with van der Waals surface area (Å²) in [5.74, 6) is -0.159. The van der Waals surface area contributed by atoms with Crippen molar-refractivity contribution >= 4 is 28.9 Å². The van der Waals surface area contributed by atoms with E-state index in [-0.39, 0.29) is 19.1 Å². The number of aliphatic hydroxyl groups is 1. The molecule has 0 saturated carbocycles. The minimum atomic E-state index is -0.159. The van der Waals surface area contributed by atoms with Gasteiger partial charge in [-0.1, -0.05) is 23.7 Å². The lowest BCUT2D eigenvalue weighted by Crippen LogP contribution is -2.22. The van der Waals surface area contributed by atoms with Crippen LogP contribution in [0, 0.1) is 13.8 Å². The van der Waals surface area contributed by atoms with E-state index in [0.29, 0.717) is 10.7 Å². The number of rotatable bonds is 5. The largest absolute Gasteiger partial charge is 0.392 e. The van der Waals surface area contributed by atoms with Gasteiger partial charge in [0, 0.05) is 5.69 Å². The molecular formula is C17H19ClN2O2. The number of amides is 1. The van der Waals surface area contributed by atoms with Crippen LogP contribution in [-0.4, -0.2) is 17.6 Å². The number of hydrogen-bond acceptors (Lipinski definition) is 3. The monoisotopic (exact) mass is 318 g/mol. The van der Waals surface area contributed by atoms with Gasteiger partial charge in [-0.2, -0.15) is 0 Å². The third kappa shape index (κ3) is 4.23. The van der Waals surface area contributed by atoms with Crippen LogP contribution in [-0.2, 0) is 11.4 Å². The Labute approximate surface area is 135 Å². The average Bonchev–Trinajstić information content (AvgIpc) is 2.50. The molecule has 0 saturated heterocycles. The van der Waals surface area contributed by atoms with E-state index in [2.05, 4.69) is 10.6 Å². The van der Waals surface area contributed by atoms with E-state index in [1.165, 1.54) is 5.56 Å². The van der Waals surface area contributed by atoms with Crippen LogP contribution >= 0.6 is 11.6 Å². The molecule has 3 N–H and O–H groups in total. The number of benzene rings is 2. The van der Waals surface area contributed by atoms with Gasteiger partial charge < -0.3 is 15.7 Å². The number of carbonyl (C=O) groups excluding carboxylic acids is 1. The van der Waals surface area contributed by atoms with E-state index in [4.69, 9.17) is 16.7 Å². The first-order valence-electron chi connectivity index (χ1n) is 7.00. The summed E-state index contributed by atoms with van der Waals surface area (Å²) >= 11 is 6.06. The molecule has 1 amide bonds. The van der Waals surface area contributed by atoms with Gasteiger partial charge >= 0.3 is 0 Å². The smallest absolute Gasteiger partial charge is 0.243 e. The number of carbonyl (C=O) groups is 1. The van der Waals surface area contributed by atoms with Crippen molar-refractivity contribution < 1.29 is 9.90 Å². The third-order valence-corrected chi connectivity index (χ3v) is 3.77. The highest BCUT2D eigenvalue weighted by Gasteiger charge is 2.06. The van der Waals surface area contributed by atoms with Gasteiger partial charge in [0.05, 0.1) is 23.9 Å². The lowest BCUT2D eigenvalue weighted by atomic mass is 10.1. The molecule has 22 heavy (non-hydrogen) atoms. The average molecular weight is 319 g/mol. The van der Waals surface area contributed by atoms with E-state index < -0.39 is 0 Å². The van der Waals surface area contributed by atoms with Gasteiger partial charge in [0.1, 0.15) is 0 Å². The Balaban J connectivity index is 1.96. The number of aryl methyl sites for hydroxylation is 2. The van der Waals surface area contributed by atoms with Crippen LogP contribution in [0.1, 0.15) is 16.7 Å². The lowest BCUT2D eigenvalue weighted by Gasteiger charge is -2.11. The molecule has 0 aromatic heterocycles. The summed E-state index contributed by atoms with van der Waals surface area (Å²) < 4.78 is 0. The predicted octanol–water partition coefficient (Wildman–Crippen LogP) is 3.50. The molecule has 5 heteroatoms. The van der Waals surface area contributed by atoms with Crippen molar-refractivity contribution in [2.24, 2.45) is 0 Å². The predicted molar refractivity (Wildman–Crippen MR) is 90.4 cm³/mol. The van der Waals surface area contributed by atoms with Crippen molar-refractivity contribution in [3.05, 3.63) is 58.1 Å². The number of aliphatic hydroxyl groups excluding tert-OH is 1. The fraction of sp³-hybridized carbons (Fsp3) is 0.235. The highest BCUT2D eigenvalue weighted by molar-refractivity contribution is 6.33. The zero-order chi connectivity index (χ0) is 16.1. The molecule has 4 nitrogen and oxygen atoms in total. The first-order valence-corrected chi connectivity index (χ1v) is 7.37. The molecular weight excluding hydrogens is 300 g/mol. The Morgan fingerprint density at radius 1 is 1.14 bits per heavy atom. The van der Waals surface area contributed by atoms with Crippen molar-refractivity contribution in [1.82, 2.24) is 0 Å². The Morgan fingerprint density at radius 3 is 2.59 bits per heavy atom. The minimum Gasteiger partial charge on any atom is -0.392 e. The standard InChI is InChI=1S/C17H19ClN2O2/c1-11-3-5-14(7-12(11)2)20-17(22)9-19-16-8-13(10-21)4-6-15(16)18/h3-8,19,21H,9-10H2,1-2H3,(H,20,22). The first-order chi connectivity index (χ1) is 10.5. The third-order valence-electron chi connectivity index (χ3n) is 3.44. The van der Waals surface area contributed by atoms with Gasteiger partial charge in [0.2, 0.25) is 5.91 Å². The summed E-state index contributed by atoms with van der Waals surface area (Å²) in [5.41, 5.74) is 4.45. The molecule has 0 unspecified atom stereocenters. The van der Waals surface area contributed by atoms with Crippen LogP contribution in [0.2, 0.25) is 5.02 Å². The van der Waals surface area contributed by atoms with Crippen molar-refractivity contribution in [1.29, 1.82) is 0 Å². The molecule has 0 atom stereocenters. The van der Waals surface area contributed by atoms with Crippen molar-refractivity contribution in [3.63, 3.8) is 0 Å². The van der Waals surface area contributed by atoms with E-state index in [0.717, 1.165) is 16.8 Å². The molecule has 2 rings (SSSR count). The SMILES string of the molecule is Cc1ccc(NC(=O)CNc2cc(CO)ccc2Cl)cc1C. The van der Waals surface area contributed by atoms with Crippen molar-refractivity contribution in [3.8, 4) is 0 Å². The molecule has 116 valence electrons. The van der Waals surface area contributed by atoms with Crippen LogP contribution in [0.4, 0.5) is 11.4 Å². The molecule has 0 aliphatic carbocycles.